The fourth-order valence-corrected chi connectivity index (χ4v) is 3.06. The zero-order chi connectivity index (χ0) is 17.4. The van der Waals surface area contributed by atoms with Gasteiger partial charge in [0.1, 0.15) is 5.52 Å². The molecule has 0 aliphatic carbocycles. The van der Waals surface area contributed by atoms with Crippen LogP contribution in [0.25, 0.3) is 22.1 Å². The molecular formula is C18H15BrN6. The van der Waals surface area contributed by atoms with Gasteiger partial charge in [-0.25, -0.2) is 5.43 Å². The first-order valence-corrected chi connectivity index (χ1v) is 8.55. The second kappa shape index (κ2) is 6.25. The Morgan fingerprint density at radius 2 is 1.92 bits per heavy atom. The van der Waals surface area contributed by atoms with Crippen LogP contribution in [0, 0.1) is 6.92 Å². The van der Waals surface area contributed by atoms with Crippen molar-refractivity contribution in [3.63, 3.8) is 0 Å². The number of nitrogens with one attached hydrogen (secondary N) is 1. The molecule has 0 radical (unpaired) electrons. The van der Waals surface area contributed by atoms with Gasteiger partial charge >= 0.3 is 0 Å². The number of hydrazone groups is 1. The van der Waals surface area contributed by atoms with E-state index in [9.17, 15) is 0 Å². The van der Waals surface area contributed by atoms with Crippen LogP contribution in [0.2, 0.25) is 0 Å². The van der Waals surface area contributed by atoms with Crippen molar-refractivity contribution in [1.82, 2.24) is 19.7 Å². The van der Waals surface area contributed by atoms with E-state index in [0.717, 1.165) is 32.1 Å². The van der Waals surface area contributed by atoms with Crippen LogP contribution in [0.1, 0.15) is 11.1 Å². The van der Waals surface area contributed by atoms with Gasteiger partial charge in [0, 0.05) is 16.9 Å². The van der Waals surface area contributed by atoms with E-state index in [1.54, 1.807) is 6.21 Å². The van der Waals surface area contributed by atoms with Crippen molar-refractivity contribution in [2.75, 3.05) is 5.43 Å². The van der Waals surface area contributed by atoms with Gasteiger partial charge in [-0.2, -0.15) is 10.1 Å². The highest BCUT2D eigenvalue weighted by atomic mass is 79.9. The van der Waals surface area contributed by atoms with Gasteiger partial charge in [0.05, 0.1) is 11.7 Å². The second-order valence-corrected chi connectivity index (χ2v) is 6.72. The average molecular weight is 395 g/mol. The maximum absolute atomic E-state index is 4.54. The van der Waals surface area contributed by atoms with Crippen LogP contribution in [0.4, 0.5) is 5.95 Å². The van der Waals surface area contributed by atoms with E-state index in [4.69, 9.17) is 0 Å². The molecule has 6 nitrogen and oxygen atoms in total. The monoisotopic (exact) mass is 394 g/mol. The van der Waals surface area contributed by atoms with Crippen LogP contribution in [0.15, 0.2) is 52.0 Å². The Labute approximate surface area is 152 Å². The number of hydrogen-bond donors (Lipinski definition) is 1. The molecule has 0 atom stereocenters. The molecule has 4 rings (SSSR count). The minimum absolute atomic E-state index is 0.362. The molecule has 0 spiro atoms. The molecule has 1 N–H and O–H groups in total. The predicted molar refractivity (Wildman–Crippen MR) is 104 cm³/mol. The minimum Gasteiger partial charge on any atom is -0.327 e. The topological polar surface area (TPSA) is 68.0 Å². The average Bonchev–Trinajstić information content (AvgIpc) is 2.88. The SMILES string of the molecule is Cc1ccc(/C=N/Nc2nnc3c4cc(Br)ccc4n(C)c3n2)cc1. The molecule has 0 saturated carbocycles. The van der Waals surface area contributed by atoms with E-state index in [1.165, 1.54) is 5.56 Å². The number of anilines is 1. The molecule has 2 heterocycles. The molecule has 0 unspecified atom stereocenters. The fourth-order valence-electron chi connectivity index (χ4n) is 2.69. The Morgan fingerprint density at radius 1 is 1.12 bits per heavy atom. The number of benzene rings is 2. The summed E-state index contributed by atoms with van der Waals surface area (Å²) in [6.07, 6.45) is 1.73. The van der Waals surface area contributed by atoms with Crippen LogP contribution in [-0.2, 0) is 7.05 Å². The van der Waals surface area contributed by atoms with E-state index in [-0.39, 0.29) is 0 Å². The van der Waals surface area contributed by atoms with Gasteiger partial charge in [-0.3, -0.25) is 0 Å². The lowest BCUT2D eigenvalue weighted by Gasteiger charge is -1.99. The molecule has 0 fully saturated rings. The molecule has 2 aromatic carbocycles. The first kappa shape index (κ1) is 15.7. The van der Waals surface area contributed by atoms with Crippen molar-refractivity contribution in [2.45, 2.75) is 6.92 Å². The second-order valence-electron chi connectivity index (χ2n) is 5.81. The summed E-state index contributed by atoms with van der Waals surface area (Å²) in [6, 6.07) is 14.1. The number of aromatic nitrogens is 4. The van der Waals surface area contributed by atoms with Gasteiger partial charge in [-0.15, -0.1) is 10.2 Å². The van der Waals surface area contributed by atoms with Crippen molar-refractivity contribution < 1.29 is 0 Å². The number of aryl methyl sites for hydroxylation is 2. The summed E-state index contributed by atoms with van der Waals surface area (Å²) < 4.78 is 3.00. The third-order valence-corrected chi connectivity index (χ3v) is 4.51. The normalized spacial score (nSPS) is 11.6. The van der Waals surface area contributed by atoms with Crippen molar-refractivity contribution in [1.29, 1.82) is 0 Å². The van der Waals surface area contributed by atoms with Crippen LogP contribution >= 0.6 is 15.9 Å². The predicted octanol–water partition coefficient (Wildman–Crippen LogP) is 4.03. The summed E-state index contributed by atoms with van der Waals surface area (Å²) in [7, 11) is 1.96. The molecule has 0 amide bonds. The smallest absolute Gasteiger partial charge is 0.265 e. The summed E-state index contributed by atoms with van der Waals surface area (Å²) >= 11 is 3.49. The first-order chi connectivity index (χ1) is 12.1. The standard InChI is InChI=1S/C18H15BrN6/c1-11-3-5-12(6-4-11)10-20-23-18-21-17-16(22-24-18)14-9-13(19)7-8-15(14)25(17)2/h3-10H,1-2H3,(H,21,23,24)/b20-10+. The number of hydrogen-bond acceptors (Lipinski definition) is 5. The molecule has 0 bridgehead atoms. The molecule has 124 valence electrons. The van der Waals surface area contributed by atoms with Gasteiger partial charge in [0.15, 0.2) is 5.65 Å². The molecule has 2 aromatic heterocycles. The fraction of sp³-hybridized carbons (Fsp3) is 0.111. The number of halogens is 1. The Balaban J connectivity index is 1.66. The van der Waals surface area contributed by atoms with Crippen LogP contribution < -0.4 is 5.43 Å². The van der Waals surface area contributed by atoms with Gasteiger partial charge in [-0.1, -0.05) is 45.8 Å². The van der Waals surface area contributed by atoms with E-state index < -0.39 is 0 Å². The van der Waals surface area contributed by atoms with E-state index in [2.05, 4.69) is 48.6 Å². The van der Waals surface area contributed by atoms with E-state index in [1.807, 2.05) is 54.1 Å². The largest absolute Gasteiger partial charge is 0.327 e. The zero-order valence-electron chi connectivity index (χ0n) is 13.7. The highest BCUT2D eigenvalue weighted by molar-refractivity contribution is 9.10. The third kappa shape index (κ3) is 2.98. The Bertz CT molecular complexity index is 1100. The highest BCUT2D eigenvalue weighted by Gasteiger charge is 2.12. The third-order valence-electron chi connectivity index (χ3n) is 4.02. The Hall–Kier alpha value is -2.80. The quantitative estimate of drug-likeness (QED) is 0.420. The lowest BCUT2D eigenvalue weighted by Crippen LogP contribution is -2.00. The maximum Gasteiger partial charge on any atom is 0.265 e. The van der Waals surface area contributed by atoms with Gasteiger partial charge in [0.25, 0.3) is 5.95 Å². The minimum atomic E-state index is 0.362. The molecule has 7 heteroatoms. The summed E-state index contributed by atoms with van der Waals surface area (Å²) in [5.74, 6) is 0.362. The van der Waals surface area contributed by atoms with E-state index >= 15 is 0 Å². The molecule has 4 aromatic rings. The zero-order valence-corrected chi connectivity index (χ0v) is 15.3. The summed E-state index contributed by atoms with van der Waals surface area (Å²) in [4.78, 5) is 4.54. The Morgan fingerprint density at radius 3 is 2.72 bits per heavy atom. The number of rotatable bonds is 3. The highest BCUT2D eigenvalue weighted by Crippen LogP contribution is 2.27. The lowest BCUT2D eigenvalue weighted by molar-refractivity contribution is 0.949. The van der Waals surface area contributed by atoms with Crippen LogP contribution in [-0.4, -0.2) is 26.0 Å². The van der Waals surface area contributed by atoms with Crippen molar-refractivity contribution in [3.05, 3.63) is 58.1 Å². The summed E-state index contributed by atoms with van der Waals surface area (Å²) in [5, 5.41) is 13.7. The first-order valence-electron chi connectivity index (χ1n) is 7.76. The van der Waals surface area contributed by atoms with Gasteiger partial charge < -0.3 is 4.57 Å². The molecule has 0 aliphatic heterocycles. The lowest BCUT2D eigenvalue weighted by atomic mass is 10.2. The summed E-state index contributed by atoms with van der Waals surface area (Å²) in [6.45, 7) is 2.05. The number of fused-ring (bicyclic) bond motifs is 3. The Kier molecular flexibility index (Phi) is 3.93. The van der Waals surface area contributed by atoms with E-state index in [0.29, 0.717) is 5.95 Å². The van der Waals surface area contributed by atoms with Crippen LogP contribution in [0.3, 0.4) is 0 Å². The van der Waals surface area contributed by atoms with Crippen molar-refractivity contribution in [3.8, 4) is 0 Å². The summed E-state index contributed by atoms with van der Waals surface area (Å²) in [5.41, 5.74) is 7.65. The van der Waals surface area contributed by atoms with Crippen molar-refractivity contribution in [2.24, 2.45) is 12.1 Å². The van der Waals surface area contributed by atoms with Crippen molar-refractivity contribution >= 4 is 50.2 Å². The molecule has 25 heavy (non-hydrogen) atoms. The maximum atomic E-state index is 4.54. The number of nitrogens with zero attached hydrogens (tertiary/aromatic N) is 5. The molecule has 0 aliphatic rings. The molecule has 0 saturated heterocycles. The van der Waals surface area contributed by atoms with Gasteiger partial charge in [-0.05, 0) is 30.7 Å². The van der Waals surface area contributed by atoms with Crippen LogP contribution in [0.5, 0.6) is 0 Å². The molecular weight excluding hydrogens is 380 g/mol. The van der Waals surface area contributed by atoms with Gasteiger partial charge in [0.2, 0.25) is 0 Å².